The second kappa shape index (κ2) is 6.96. The summed E-state index contributed by atoms with van der Waals surface area (Å²) in [5.41, 5.74) is 0. The van der Waals surface area contributed by atoms with Crippen molar-refractivity contribution in [1.29, 1.82) is 0 Å². The van der Waals surface area contributed by atoms with Gasteiger partial charge in [0.25, 0.3) is 0 Å². The number of carbonyl (C=O) groups is 1. The molecule has 1 saturated heterocycles. The van der Waals surface area contributed by atoms with Crippen molar-refractivity contribution in [2.24, 2.45) is 5.92 Å². The molecule has 15 heavy (non-hydrogen) atoms. The highest BCUT2D eigenvalue weighted by Gasteiger charge is 2.18. The Morgan fingerprint density at radius 2 is 1.93 bits per heavy atom. The van der Waals surface area contributed by atoms with Crippen LogP contribution in [0.1, 0.15) is 39.5 Å². The molecule has 1 rings (SSSR count). The smallest absolute Gasteiger partial charge is 0.161 e. The molecular formula is C12H23NO2. The molecule has 1 fully saturated rings. The van der Waals surface area contributed by atoms with Gasteiger partial charge < -0.3 is 10.1 Å². The van der Waals surface area contributed by atoms with Crippen molar-refractivity contribution in [2.45, 2.75) is 45.6 Å². The van der Waals surface area contributed by atoms with Crippen LogP contribution < -0.4 is 5.32 Å². The number of piperidine rings is 1. The van der Waals surface area contributed by atoms with Gasteiger partial charge in [-0.2, -0.15) is 0 Å². The first-order chi connectivity index (χ1) is 7.27. The summed E-state index contributed by atoms with van der Waals surface area (Å²) in [4.78, 5) is 11.7. The first-order valence-corrected chi connectivity index (χ1v) is 6.13. The van der Waals surface area contributed by atoms with Crippen molar-refractivity contribution < 1.29 is 9.53 Å². The minimum absolute atomic E-state index is 0.201. The van der Waals surface area contributed by atoms with Crippen LogP contribution in [0.2, 0.25) is 0 Å². The first kappa shape index (κ1) is 12.7. The summed E-state index contributed by atoms with van der Waals surface area (Å²) in [7, 11) is 0. The van der Waals surface area contributed by atoms with E-state index in [4.69, 9.17) is 4.74 Å². The molecule has 0 aromatic rings. The Hall–Kier alpha value is -0.410. The molecule has 1 aliphatic heterocycles. The van der Waals surface area contributed by atoms with E-state index in [2.05, 4.69) is 19.2 Å². The van der Waals surface area contributed by atoms with Gasteiger partial charge >= 0.3 is 0 Å². The van der Waals surface area contributed by atoms with E-state index in [9.17, 15) is 4.79 Å². The molecule has 0 unspecified atom stereocenters. The van der Waals surface area contributed by atoms with Crippen LogP contribution in [0.5, 0.6) is 0 Å². The topological polar surface area (TPSA) is 38.3 Å². The molecule has 0 spiro atoms. The summed E-state index contributed by atoms with van der Waals surface area (Å²) in [6.45, 7) is 6.48. The van der Waals surface area contributed by atoms with Crippen LogP contribution in [-0.4, -0.2) is 31.6 Å². The Morgan fingerprint density at radius 1 is 1.33 bits per heavy atom. The van der Waals surface area contributed by atoms with Gasteiger partial charge in [-0.05, 0) is 38.8 Å². The third-order valence-corrected chi connectivity index (χ3v) is 3.19. The monoisotopic (exact) mass is 213 g/mol. The van der Waals surface area contributed by atoms with E-state index in [0.717, 1.165) is 38.8 Å². The third kappa shape index (κ3) is 4.31. The minimum Gasteiger partial charge on any atom is -0.370 e. The molecule has 0 amide bonds. The molecule has 0 saturated carbocycles. The van der Waals surface area contributed by atoms with Gasteiger partial charge in [-0.25, -0.2) is 0 Å². The summed E-state index contributed by atoms with van der Waals surface area (Å²) in [6, 6.07) is 0. The quantitative estimate of drug-likeness (QED) is 0.730. The molecule has 0 aliphatic carbocycles. The molecule has 0 aromatic heterocycles. The highest BCUT2D eigenvalue weighted by atomic mass is 16.5. The van der Waals surface area contributed by atoms with Gasteiger partial charge in [-0.1, -0.05) is 13.8 Å². The Kier molecular flexibility index (Phi) is 5.88. The highest BCUT2D eigenvalue weighted by Crippen LogP contribution is 2.12. The average molecular weight is 213 g/mol. The van der Waals surface area contributed by atoms with E-state index >= 15 is 0 Å². The normalized spacial score (nSPS) is 18.3. The fourth-order valence-electron chi connectivity index (χ4n) is 2.02. The fraction of sp³-hybridized carbons (Fsp3) is 0.917. The fourth-order valence-corrected chi connectivity index (χ4v) is 2.02. The van der Waals surface area contributed by atoms with Gasteiger partial charge in [0.15, 0.2) is 5.78 Å². The largest absolute Gasteiger partial charge is 0.370 e. The second-order valence-corrected chi connectivity index (χ2v) is 4.24. The zero-order chi connectivity index (χ0) is 11.1. The SMILES string of the molecule is CCC(CC)C(=O)COC1CCNCC1. The summed E-state index contributed by atoms with van der Waals surface area (Å²) in [5.74, 6) is 0.477. The molecular weight excluding hydrogens is 190 g/mol. The lowest BCUT2D eigenvalue weighted by atomic mass is 9.99. The minimum atomic E-state index is 0.201. The van der Waals surface area contributed by atoms with Gasteiger partial charge in [0, 0.05) is 5.92 Å². The van der Waals surface area contributed by atoms with Crippen LogP contribution in [0.15, 0.2) is 0 Å². The van der Waals surface area contributed by atoms with Crippen molar-refractivity contribution in [3.8, 4) is 0 Å². The van der Waals surface area contributed by atoms with Crippen molar-refractivity contribution >= 4 is 5.78 Å². The van der Waals surface area contributed by atoms with Crippen LogP contribution in [0.3, 0.4) is 0 Å². The van der Waals surface area contributed by atoms with Gasteiger partial charge in [0.05, 0.1) is 6.10 Å². The van der Waals surface area contributed by atoms with E-state index in [-0.39, 0.29) is 11.7 Å². The number of hydrogen-bond donors (Lipinski definition) is 1. The molecule has 3 heteroatoms. The molecule has 1 aliphatic rings. The van der Waals surface area contributed by atoms with Crippen LogP contribution in [-0.2, 0) is 9.53 Å². The maximum Gasteiger partial charge on any atom is 0.161 e. The Morgan fingerprint density at radius 3 is 2.47 bits per heavy atom. The van der Waals surface area contributed by atoms with Crippen molar-refractivity contribution in [1.82, 2.24) is 5.32 Å². The summed E-state index contributed by atoms with van der Waals surface area (Å²) < 4.78 is 5.64. The average Bonchev–Trinajstić information content (AvgIpc) is 2.29. The van der Waals surface area contributed by atoms with Crippen LogP contribution in [0.4, 0.5) is 0 Å². The highest BCUT2D eigenvalue weighted by molar-refractivity contribution is 5.82. The van der Waals surface area contributed by atoms with Crippen molar-refractivity contribution in [3.05, 3.63) is 0 Å². The predicted octanol–water partition coefficient (Wildman–Crippen LogP) is 1.76. The van der Waals surface area contributed by atoms with E-state index in [0.29, 0.717) is 12.7 Å². The maximum absolute atomic E-state index is 11.7. The van der Waals surface area contributed by atoms with Gasteiger partial charge in [-0.3, -0.25) is 4.79 Å². The second-order valence-electron chi connectivity index (χ2n) is 4.24. The summed E-state index contributed by atoms with van der Waals surface area (Å²) in [6.07, 6.45) is 4.24. The molecule has 0 atom stereocenters. The lowest BCUT2D eigenvalue weighted by Gasteiger charge is -2.23. The third-order valence-electron chi connectivity index (χ3n) is 3.19. The number of carbonyl (C=O) groups excluding carboxylic acids is 1. The molecule has 1 N–H and O–H groups in total. The Bertz CT molecular complexity index is 184. The van der Waals surface area contributed by atoms with E-state index in [1.807, 2.05) is 0 Å². The molecule has 3 nitrogen and oxygen atoms in total. The number of rotatable bonds is 6. The standard InChI is InChI=1S/C12H23NO2/c1-3-10(4-2)12(14)9-15-11-5-7-13-8-6-11/h10-11,13H,3-9H2,1-2H3. The van der Waals surface area contributed by atoms with E-state index < -0.39 is 0 Å². The summed E-state index contributed by atoms with van der Waals surface area (Å²) >= 11 is 0. The molecule has 0 aromatic carbocycles. The zero-order valence-corrected chi connectivity index (χ0v) is 9.92. The Balaban J connectivity index is 2.20. The van der Waals surface area contributed by atoms with Crippen LogP contribution in [0, 0.1) is 5.92 Å². The van der Waals surface area contributed by atoms with Gasteiger partial charge in [-0.15, -0.1) is 0 Å². The van der Waals surface area contributed by atoms with E-state index in [1.54, 1.807) is 0 Å². The van der Waals surface area contributed by atoms with Crippen molar-refractivity contribution in [2.75, 3.05) is 19.7 Å². The lowest BCUT2D eigenvalue weighted by Crippen LogP contribution is -2.34. The number of nitrogens with one attached hydrogen (secondary N) is 1. The zero-order valence-electron chi connectivity index (χ0n) is 9.92. The van der Waals surface area contributed by atoms with Crippen molar-refractivity contribution in [3.63, 3.8) is 0 Å². The summed E-state index contributed by atoms with van der Waals surface area (Å²) in [5, 5.41) is 3.28. The van der Waals surface area contributed by atoms with Gasteiger partial charge in [0.2, 0.25) is 0 Å². The molecule has 0 bridgehead atoms. The molecule has 0 radical (unpaired) electrons. The maximum atomic E-state index is 11.7. The van der Waals surface area contributed by atoms with E-state index in [1.165, 1.54) is 0 Å². The number of ether oxygens (including phenoxy) is 1. The number of hydrogen-bond acceptors (Lipinski definition) is 3. The van der Waals surface area contributed by atoms with Crippen LogP contribution >= 0.6 is 0 Å². The molecule has 88 valence electrons. The Labute approximate surface area is 92.6 Å². The number of ketones is 1. The van der Waals surface area contributed by atoms with Crippen LogP contribution in [0.25, 0.3) is 0 Å². The van der Waals surface area contributed by atoms with Gasteiger partial charge in [0.1, 0.15) is 6.61 Å². The first-order valence-electron chi connectivity index (χ1n) is 6.13. The molecule has 1 heterocycles. The number of Topliss-reactive ketones (excluding diaryl/α,β-unsaturated/α-hetero) is 1. The lowest BCUT2D eigenvalue weighted by molar-refractivity contribution is -0.130. The predicted molar refractivity (Wildman–Crippen MR) is 60.9 cm³/mol.